The Kier molecular flexibility index (Phi) is 9.09. The van der Waals surface area contributed by atoms with E-state index in [0.717, 1.165) is 12.8 Å². The molecule has 31 heavy (non-hydrogen) atoms. The van der Waals surface area contributed by atoms with Crippen molar-refractivity contribution in [1.82, 2.24) is 0 Å². The van der Waals surface area contributed by atoms with Gasteiger partial charge in [0.25, 0.3) is 0 Å². The molecule has 0 atom stereocenters. The van der Waals surface area contributed by atoms with Crippen molar-refractivity contribution >= 4 is 46.8 Å². The number of ether oxygens (including phenoxy) is 2. The maximum absolute atomic E-state index is 12.5. The topological polar surface area (TPSA) is 93.7 Å². The largest absolute Gasteiger partial charge is 0.493 e. The monoisotopic (exact) mass is 444 g/mol. The SMILES string of the molecule is CCCCOc1cc(NC(C)=O)c(NC(=O)C=Cc2ccccc2Cl)cc1C(=O)OC. The van der Waals surface area contributed by atoms with Gasteiger partial charge in [0.15, 0.2) is 0 Å². The molecule has 0 aliphatic heterocycles. The van der Waals surface area contributed by atoms with Gasteiger partial charge >= 0.3 is 5.97 Å². The zero-order valence-corrected chi connectivity index (χ0v) is 18.4. The third-order valence-corrected chi connectivity index (χ3v) is 4.51. The van der Waals surface area contributed by atoms with Gasteiger partial charge in [-0.25, -0.2) is 4.79 Å². The second kappa shape index (κ2) is 11.8. The van der Waals surface area contributed by atoms with Crippen molar-refractivity contribution in [1.29, 1.82) is 0 Å². The molecule has 2 aromatic carbocycles. The number of halogens is 1. The van der Waals surface area contributed by atoms with Crippen molar-refractivity contribution in [3.63, 3.8) is 0 Å². The Labute approximate surface area is 186 Å². The standard InChI is InChI=1S/C23H25ClN2O5/c1-4-5-12-31-21-14-20(25-15(2)27)19(13-17(21)23(29)30-3)26-22(28)11-10-16-8-6-7-9-18(16)24/h6-11,13-14H,4-5,12H2,1-3H3,(H,25,27)(H,26,28). The fourth-order valence-corrected chi connectivity index (χ4v) is 2.84. The number of carbonyl (C=O) groups is 3. The van der Waals surface area contributed by atoms with E-state index in [1.54, 1.807) is 30.3 Å². The number of hydrogen-bond acceptors (Lipinski definition) is 5. The molecule has 0 bridgehead atoms. The van der Waals surface area contributed by atoms with Gasteiger partial charge in [0, 0.05) is 24.1 Å². The van der Waals surface area contributed by atoms with Gasteiger partial charge in [-0.15, -0.1) is 0 Å². The molecular weight excluding hydrogens is 420 g/mol. The lowest BCUT2D eigenvalue weighted by molar-refractivity contribution is -0.114. The molecule has 2 amide bonds. The van der Waals surface area contributed by atoms with Gasteiger partial charge in [0.1, 0.15) is 11.3 Å². The Morgan fingerprint density at radius 2 is 1.81 bits per heavy atom. The van der Waals surface area contributed by atoms with Crippen molar-refractivity contribution in [3.05, 3.63) is 58.6 Å². The van der Waals surface area contributed by atoms with E-state index in [9.17, 15) is 14.4 Å². The van der Waals surface area contributed by atoms with Gasteiger partial charge in [-0.3, -0.25) is 9.59 Å². The normalized spacial score (nSPS) is 10.6. The first kappa shape index (κ1) is 24.0. The van der Waals surface area contributed by atoms with Crippen LogP contribution in [0.1, 0.15) is 42.6 Å². The van der Waals surface area contributed by atoms with E-state index in [1.807, 2.05) is 6.92 Å². The molecule has 0 aromatic heterocycles. The van der Waals surface area contributed by atoms with E-state index in [1.165, 1.54) is 32.2 Å². The van der Waals surface area contributed by atoms with Gasteiger partial charge in [-0.05, 0) is 30.2 Å². The molecular formula is C23H25ClN2O5. The Bertz CT molecular complexity index is 988. The van der Waals surface area contributed by atoms with E-state index in [0.29, 0.717) is 22.9 Å². The van der Waals surface area contributed by atoms with Gasteiger partial charge in [-0.2, -0.15) is 0 Å². The minimum atomic E-state index is -0.622. The molecule has 2 N–H and O–H groups in total. The average Bonchev–Trinajstić information content (AvgIpc) is 2.74. The number of esters is 1. The van der Waals surface area contributed by atoms with Crippen molar-refractivity contribution in [2.45, 2.75) is 26.7 Å². The van der Waals surface area contributed by atoms with Crippen LogP contribution in [0, 0.1) is 0 Å². The number of benzene rings is 2. The highest BCUT2D eigenvalue weighted by molar-refractivity contribution is 6.32. The van der Waals surface area contributed by atoms with Crippen LogP contribution in [0.4, 0.5) is 11.4 Å². The Balaban J connectivity index is 2.36. The molecule has 0 heterocycles. The Hall–Kier alpha value is -3.32. The maximum Gasteiger partial charge on any atom is 0.341 e. The first-order chi connectivity index (χ1) is 14.8. The smallest absolute Gasteiger partial charge is 0.341 e. The lowest BCUT2D eigenvalue weighted by Gasteiger charge is -2.16. The van der Waals surface area contributed by atoms with Crippen molar-refractivity contribution in [2.24, 2.45) is 0 Å². The van der Waals surface area contributed by atoms with Gasteiger partial charge in [0.2, 0.25) is 11.8 Å². The summed E-state index contributed by atoms with van der Waals surface area (Å²) in [4.78, 5) is 36.4. The summed E-state index contributed by atoms with van der Waals surface area (Å²) in [6.45, 7) is 3.75. The van der Waals surface area contributed by atoms with Crippen LogP contribution in [0.25, 0.3) is 6.08 Å². The number of unbranched alkanes of at least 4 members (excludes halogenated alkanes) is 1. The predicted molar refractivity (Wildman–Crippen MR) is 122 cm³/mol. The van der Waals surface area contributed by atoms with Crippen molar-refractivity contribution < 1.29 is 23.9 Å². The van der Waals surface area contributed by atoms with Crippen molar-refractivity contribution in [3.8, 4) is 5.75 Å². The highest BCUT2D eigenvalue weighted by Crippen LogP contribution is 2.32. The Morgan fingerprint density at radius 3 is 2.45 bits per heavy atom. The molecule has 2 aromatic rings. The molecule has 0 aliphatic rings. The lowest BCUT2D eigenvalue weighted by atomic mass is 10.1. The molecule has 0 unspecified atom stereocenters. The van der Waals surface area contributed by atoms with Crippen molar-refractivity contribution in [2.75, 3.05) is 24.4 Å². The molecule has 164 valence electrons. The molecule has 0 radical (unpaired) electrons. The number of anilines is 2. The molecule has 0 fully saturated rings. The third-order valence-electron chi connectivity index (χ3n) is 4.17. The number of nitrogens with one attached hydrogen (secondary N) is 2. The van der Waals surface area contributed by atoms with Gasteiger partial charge in [0.05, 0.1) is 25.1 Å². The highest BCUT2D eigenvalue weighted by Gasteiger charge is 2.19. The van der Waals surface area contributed by atoms with Crippen LogP contribution >= 0.6 is 11.6 Å². The molecule has 8 heteroatoms. The summed E-state index contributed by atoms with van der Waals surface area (Å²) >= 11 is 6.10. The Morgan fingerprint density at radius 1 is 1.10 bits per heavy atom. The van der Waals surface area contributed by atoms with E-state index in [4.69, 9.17) is 21.1 Å². The molecule has 7 nitrogen and oxygen atoms in total. The zero-order chi connectivity index (χ0) is 22.8. The minimum absolute atomic E-state index is 0.137. The van der Waals surface area contributed by atoms with Crippen LogP contribution in [0.2, 0.25) is 5.02 Å². The van der Waals surface area contributed by atoms with Gasteiger partial charge in [-0.1, -0.05) is 43.1 Å². The highest BCUT2D eigenvalue weighted by atomic mass is 35.5. The molecule has 0 aliphatic carbocycles. The zero-order valence-electron chi connectivity index (χ0n) is 17.7. The summed E-state index contributed by atoms with van der Waals surface area (Å²) in [5, 5.41) is 5.82. The number of amides is 2. The first-order valence-corrected chi connectivity index (χ1v) is 10.1. The third kappa shape index (κ3) is 7.15. The number of methoxy groups -OCH3 is 1. The van der Waals surface area contributed by atoms with Crippen LogP contribution in [0.15, 0.2) is 42.5 Å². The maximum atomic E-state index is 12.5. The number of hydrogen-bond donors (Lipinski definition) is 2. The van der Waals surface area contributed by atoms with Crippen LogP contribution in [0.5, 0.6) is 5.75 Å². The van der Waals surface area contributed by atoms with Gasteiger partial charge < -0.3 is 20.1 Å². The van der Waals surface area contributed by atoms with Crippen LogP contribution in [0.3, 0.4) is 0 Å². The van der Waals surface area contributed by atoms with E-state index < -0.39 is 11.9 Å². The summed E-state index contributed by atoms with van der Waals surface area (Å²) in [6, 6.07) is 9.99. The molecule has 0 saturated carbocycles. The summed E-state index contributed by atoms with van der Waals surface area (Å²) in [5.74, 6) is -1.17. The fraction of sp³-hybridized carbons (Fsp3) is 0.261. The lowest BCUT2D eigenvalue weighted by Crippen LogP contribution is -2.15. The van der Waals surface area contributed by atoms with Crippen LogP contribution in [-0.2, 0) is 14.3 Å². The molecule has 0 spiro atoms. The number of carbonyl (C=O) groups excluding carboxylic acids is 3. The molecule has 0 saturated heterocycles. The molecule has 2 rings (SSSR count). The summed E-state index contributed by atoms with van der Waals surface area (Å²) < 4.78 is 10.5. The second-order valence-corrected chi connectivity index (χ2v) is 7.02. The summed E-state index contributed by atoms with van der Waals surface area (Å²) in [6.07, 6.45) is 4.58. The predicted octanol–water partition coefficient (Wildman–Crippen LogP) is 4.92. The van der Waals surface area contributed by atoms with E-state index >= 15 is 0 Å². The van der Waals surface area contributed by atoms with Crippen LogP contribution in [-0.4, -0.2) is 31.5 Å². The number of rotatable bonds is 9. The first-order valence-electron chi connectivity index (χ1n) is 9.76. The second-order valence-electron chi connectivity index (χ2n) is 6.61. The quantitative estimate of drug-likeness (QED) is 0.325. The van der Waals surface area contributed by atoms with E-state index in [-0.39, 0.29) is 22.9 Å². The summed E-state index contributed by atoms with van der Waals surface area (Å²) in [5.41, 5.74) is 1.34. The average molecular weight is 445 g/mol. The summed E-state index contributed by atoms with van der Waals surface area (Å²) in [7, 11) is 1.25. The van der Waals surface area contributed by atoms with E-state index in [2.05, 4.69) is 10.6 Å². The minimum Gasteiger partial charge on any atom is -0.493 e. The fourth-order valence-electron chi connectivity index (χ4n) is 2.64. The van der Waals surface area contributed by atoms with Crippen LogP contribution < -0.4 is 15.4 Å².